The van der Waals surface area contributed by atoms with Gasteiger partial charge >= 0.3 is 0 Å². The van der Waals surface area contributed by atoms with Crippen LogP contribution in [0.4, 0.5) is 5.69 Å². The Kier molecular flexibility index (Phi) is 5.35. The molecule has 0 heterocycles. The van der Waals surface area contributed by atoms with E-state index >= 15 is 0 Å². The van der Waals surface area contributed by atoms with Crippen LogP contribution >= 0.6 is 12.2 Å². The summed E-state index contributed by atoms with van der Waals surface area (Å²) in [4.78, 5) is 0. The second-order valence-electron chi connectivity index (χ2n) is 4.97. The maximum atomic E-state index is 10.1. The normalized spacial score (nSPS) is 10.2. The van der Waals surface area contributed by atoms with Crippen LogP contribution in [0, 0.1) is 13.8 Å². The monoisotopic (exact) mass is 317 g/mol. The molecule has 0 radical (unpaired) electrons. The molecule has 0 fully saturated rings. The van der Waals surface area contributed by atoms with Crippen molar-refractivity contribution in [3.63, 3.8) is 0 Å². The van der Waals surface area contributed by atoms with Gasteiger partial charge < -0.3 is 9.47 Å². The van der Waals surface area contributed by atoms with E-state index in [-0.39, 0.29) is 5.17 Å². The average molecular weight is 317 g/mol. The molecule has 0 aromatic heterocycles. The lowest BCUT2D eigenvalue weighted by molar-refractivity contribution is 0.264. The van der Waals surface area contributed by atoms with Crippen LogP contribution in [0.1, 0.15) is 16.7 Å². The molecule has 0 aliphatic heterocycles. The first-order valence-corrected chi connectivity index (χ1v) is 7.28. The zero-order valence-electron chi connectivity index (χ0n) is 12.9. The van der Waals surface area contributed by atoms with Crippen molar-refractivity contribution in [1.29, 1.82) is 0 Å². The largest absolute Gasteiger partial charge is 0.489 e. The molecule has 2 rings (SSSR count). The summed E-state index contributed by atoms with van der Waals surface area (Å²) in [5.74, 6) is 0.819. The highest BCUT2D eigenvalue weighted by Crippen LogP contribution is 2.24. The lowest BCUT2D eigenvalue weighted by Crippen LogP contribution is -2.27. The summed E-state index contributed by atoms with van der Waals surface area (Å²) < 4.78 is 10.7. The summed E-state index contributed by atoms with van der Waals surface area (Å²) in [6, 6.07) is 13.4. The molecule has 2 aromatic carbocycles. The lowest BCUT2D eigenvalue weighted by Gasteiger charge is -2.19. The van der Waals surface area contributed by atoms with Gasteiger partial charge in [0.05, 0.1) is 12.8 Å². The lowest BCUT2D eigenvalue weighted by atomic mass is 10.1. The maximum absolute atomic E-state index is 10.1. The van der Waals surface area contributed by atoms with E-state index in [0.29, 0.717) is 12.3 Å². The topological polar surface area (TPSA) is 41.9 Å². The van der Waals surface area contributed by atoms with Crippen molar-refractivity contribution >= 4 is 23.1 Å². The van der Waals surface area contributed by atoms with Crippen molar-refractivity contribution in [1.82, 2.24) is 0 Å². The van der Waals surface area contributed by atoms with Gasteiger partial charge in [0.25, 0.3) is 5.17 Å². The fourth-order valence-electron chi connectivity index (χ4n) is 2.14. The molecule has 0 bridgehead atoms. The summed E-state index contributed by atoms with van der Waals surface area (Å²) in [5.41, 5.74) is 3.62. The third-order valence-corrected chi connectivity index (χ3v) is 3.62. The minimum absolute atomic E-state index is 0.0148. The number of hydrogen-bond acceptors (Lipinski definition) is 4. The SMILES string of the molecule is COC(=S)N(O)c1ccccc1COc1ccc(C)cc1C. The van der Waals surface area contributed by atoms with Crippen LogP contribution in [0.3, 0.4) is 0 Å². The maximum Gasteiger partial charge on any atom is 0.288 e. The van der Waals surface area contributed by atoms with Crippen molar-refractivity contribution in [2.24, 2.45) is 0 Å². The van der Waals surface area contributed by atoms with Crippen molar-refractivity contribution < 1.29 is 14.7 Å². The Labute approximate surface area is 135 Å². The molecule has 1 N–H and O–H groups in total. The number of ether oxygens (including phenoxy) is 2. The van der Waals surface area contributed by atoms with Crippen LogP contribution in [0.15, 0.2) is 42.5 Å². The Morgan fingerprint density at radius 1 is 1.18 bits per heavy atom. The zero-order valence-corrected chi connectivity index (χ0v) is 13.7. The predicted molar refractivity (Wildman–Crippen MR) is 90.6 cm³/mol. The fourth-order valence-corrected chi connectivity index (χ4v) is 2.24. The van der Waals surface area contributed by atoms with Crippen LogP contribution in [0.25, 0.3) is 0 Å². The van der Waals surface area contributed by atoms with Crippen LogP contribution in [0.5, 0.6) is 5.75 Å². The molecule has 22 heavy (non-hydrogen) atoms. The van der Waals surface area contributed by atoms with E-state index in [1.165, 1.54) is 12.7 Å². The van der Waals surface area contributed by atoms with Crippen molar-refractivity contribution in [2.45, 2.75) is 20.5 Å². The number of nitrogens with zero attached hydrogens (tertiary/aromatic N) is 1. The number of para-hydroxylation sites is 1. The van der Waals surface area contributed by atoms with Gasteiger partial charge in [0.1, 0.15) is 12.4 Å². The van der Waals surface area contributed by atoms with Crippen LogP contribution < -0.4 is 9.80 Å². The van der Waals surface area contributed by atoms with Gasteiger partial charge in [-0.3, -0.25) is 5.21 Å². The molecule has 0 saturated heterocycles. The number of thiocarbonyl (C=S) groups is 1. The quantitative estimate of drug-likeness (QED) is 0.681. The number of benzene rings is 2. The van der Waals surface area contributed by atoms with Gasteiger partial charge in [-0.1, -0.05) is 35.9 Å². The predicted octanol–water partition coefficient (Wildman–Crippen LogP) is 4.01. The highest BCUT2D eigenvalue weighted by Gasteiger charge is 2.14. The number of methoxy groups -OCH3 is 1. The standard InChI is InChI=1S/C17H19NO3S/c1-12-8-9-16(13(2)10-12)21-11-14-6-4-5-7-15(14)18(19)17(22)20-3/h4-10,19H,11H2,1-3H3. The molecule has 0 aliphatic rings. The van der Waals surface area contributed by atoms with Gasteiger partial charge in [-0.05, 0) is 43.8 Å². The fraction of sp³-hybridized carbons (Fsp3) is 0.235. The van der Waals surface area contributed by atoms with E-state index in [9.17, 15) is 5.21 Å². The van der Waals surface area contributed by atoms with Gasteiger partial charge in [0.15, 0.2) is 0 Å². The summed E-state index contributed by atoms with van der Waals surface area (Å²) in [7, 11) is 1.42. The highest BCUT2D eigenvalue weighted by atomic mass is 32.1. The number of hydrogen-bond donors (Lipinski definition) is 1. The van der Waals surface area contributed by atoms with E-state index in [2.05, 4.69) is 6.07 Å². The summed E-state index contributed by atoms with van der Waals surface area (Å²) in [5, 5.41) is 10.9. The number of rotatable bonds is 4. The van der Waals surface area contributed by atoms with E-state index in [0.717, 1.165) is 21.9 Å². The van der Waals surface area contributed by atoms with Crippen LogP contribution in [0.2, 0.25) is 0 Å². The van der Waals surface area contributed by atoms with Gasteiger partial charge in [-0.15, -0.1) is 0 Å². The second kappa shape index (κ2) is 7.24. The van der Waals surface area contributed by atoms with Gasteiger partial charge in [-0.2, -0.15) is 5.06 Å². The third kappa shape index (κ3) is 3.75. The van der Waals surface area contributed by atoms with Gasteiger partial charge in [0.2, 0.25) is 0 Å². The minimum atomic E-state index is -0.0148. The molecule has 0 amide bonds. The molecule has 116 valence electrons. The Morgan fingerprint density at radius 3 is 2.59 bits per heavy atom. The summed E-state index contributed by atoms with van der Waals surface area (Å²) in [6.45, 7) is 4.37. The molecule has 0 spiro atoms. The third-order valence-electron chi connectivity index (χ3n) is 3.28. The van der Waals surface area contributed by atoms with E-state index in [1.807, 2.05) is 44.2 Å². The first-order valence-electron chi connectivity index (χ1n) is 6.88. The Morgan fingerprint density at radius 2 is 1.91 bits per heavy atom. The summed E-state index contributed by atoms with van der Waals surface area (Å²) in [6.07, 6.45) is 0. The van der Waals surface area contributed by atoms with Crippen molar-refractivity contribution in [2.75, 3.05) is 12.2 Å². The van der Waals surface area contributed by atoms with E-state index in [4.69, 9.17) is 21.7 Å². The minimum Gasteiger partial charge on any atom is -0.489 e. The van der Waals surface area contributed by atoms with Crippen LogP contribution in [-0.2, 0) is 11.3 Å². The molecule has 0 aliphatic carbocycles. The zero-order chi connectivity index (χ0) is 16.1. The van der Waals surface area contributed by atoms with Gasteiger partial charge in [-0.25, -0.2) is 0 Å². The smallest absolute Gasteiger partial charge is 0.288 e. The molecule has 2 aromatic rings. The Hall–Kier alpha value is -2.11. The molecule has 5 heteroatoms. The molecular weight excluding hydrogens is 298 g/mol. The van der Waals surface area contributed by atoms with E-state index in [1.54, 1.807) is 6.07 Å². The second-order valence-corrected chi connectivity index (χ2v) is 5.32. The molecule has 0 atom stereocenters. The van der Waals surface area contributed by atoms with Crippen LogP contribution in [-0.4, -0.2) is 17.5 Å². The first-order chi connectivity index (χ1) is 10.5. The highest BCUT2D eigenvalue weighted by molar-refractivity contribution is 7.80. The Bertz CT molecular complexity index is 673. The molecular formula is C17H19NO3S. The summed E-state index contributed by atoms with van der Waals surface area (Å²) >= 11 is 4.95. The van der Waals surface area contributed by atoms with Crippen molar-refractivity contribution in [3.05, 3.63) is 59.2 Å². The number of anilines is 1. The Balaban J connectivity index is 2.18. The molecule has 4 nitrogen and oxygen atoms in total. The molecule has 0 unspecified atom stereocenters. The average Bonchev–Trinajstić information content (AvgIpc) is 2.53. The van der Waals surface area contributed by atoms with Gasteiger partial charge in [0, 0.05) is 5.56 Å². The number of aryl methyl sites for hydroxylation is 2. The number of hydroxylamine groups is 1. The van der Waals surface area contributed by atoms with Crippen molar-refractivity contribution in [3.8, 4) is 5.75 Å². The molecule has 0 saturated carbocycles. The van der Waals surface area contributed by atoms with E-state index < -0.39 is 0 Å². The first kappa shape index (κ1) is 16.3.